The number of aromatic nitrogens is 2. The minimum atomic E-state index is -1.48. The van der Waals surface area contributed by atoms with Crippen molar-refractivity contribution < 1.29 is 4.21 Å². The molecular weight excluding hydrogens is 296 g/mol. The molecule has 0 radical (unpaired) electrons. The highest BCUT2D eigenvalue weighted by molar-refractivity contribution is 7.82. The van der Waals surface area contributed by atoms with E-state index in [4.69, 9.17) is 10.9 Å². The zero-order valence-corrected chi connectivity index (χ0v) is 12.7. The van der Waals surface area contributed by atoms with Gasteiger partial charge >= 0.3 is 0 Å². The van der Waals surface area contributed by atoms with E-state index in [0.29, 0.717) is 11.4 Å². The van der Waals surface area contributed by atoms with Gasteiger partial charge in [-0.05, 0) is 30.3 Å². The zero-order valence-electron chi connectivity index (χ0n) is 11.8. The van der Waals surface area contributed by atoms with Crippen molar-refractivity contribution >= 4 is 11.0 Å². The molecule has 1 aromatic heterocycles. The fourth-order valence-corrected chi connectivity index (χ4v) is 2.67. The van der Waals surface area contributed by atoms with E-state index in [0.717, 1.165) is 22.6 Å². The van der Waals surface area contributed by atoms with Gasteiger partial charge in [0, 0.05) is 12.1 Å². The number of rotatable bonds is 4. The summed E-state index contributed by atoms with van der Waals surface area (Å²) in [6.07, 6.45) is 0. The highest BCUT2D eigenvalue weighted by Gasteiger charge is 2.11. The van der Waals surface area contributed by atoms with Gasteiger partial charge < -0.3 is 5.73 Å². The van der Waals surface area contributed by atoms with Gasteiger partial charge in [-0.3, -0.25) is 0 Å². The Morgan fingerprint density at radius 3 is 2.32 bits per heavy atom. The monoisotopic (exact) mass is 312 g/mol. The molecule has 0 aliphatic carbocycles. The Balaban J connectivity index is 2.10. The predicted molar refractivity (Wildman–Crippen MR) is 87.5 cm³/mol. The Kier molecular flexibility index (Phi) is 4.15. The van der Waals surface area contributed by atoms with Crippen LogP contribution >= 0.6 is 0 Å². The lowest BCUT2D eigenvalue weighted by molar-refractivity contribution is 0.684. The van der Waals surface area contributed by atoms with Crippen LogP contribution in [0.3, 0.4) is 0 Å². The van der Waals surface area contributed by atoms with E-state index in [1.54, 1.807) is 12.1 Å². The van der Waals surface area contributed by atoms with Crippen LogP contribution in [-0.2, 0) is 17.5 Å². The Bertz CT molecular complexity index is 797. The molecule has 3 rings (SSSR count). The second-order valence-electron chi connectivity index (χ2n) is 4.79. The normalized spacial score (nSPS) is 12.3. The summed E-state index contributed by atoms with van der Waals surface area (Å²) in [5.41, 5.74) is 9.42. The Morgan fingerprint density at radius 1 is 1.05 bits per heavy atom. The number of nitrogens with two attached hydrogens (primary N) is 2. The lowest BCUT2D eigenvalue weighted by atomic mass is 10.1. The minimum absolute atomic E-state index is 0.373. The SMILES string of the molecule is NCc1cc(-c2ccccc2)n(-c2ccc(S(N)=O)cc2)n1. The lowest BCUT2D eigenvalue weighted by Gasteiger charge is -2.08. The van der Waals surface area contributed by atoms with Gasteiger partial charge in [-0.15, -0.1) is 0 Å². The van der Waals surface area contributed by atoms with E-state index in [-0.39, 0.29) is 0 Å². The van der Waals surface area contributed by atoms with Crippen molar-refractivity contribution in [3.63, 3.8) is 0 Å². The van der Waals surface area contributed by atoms with Gasteiger partial charge in [-0.25, -0.2) is 14.0 Å². The van der Waals surface area contributed by atoms with E-state index in [1.165, 1.54) is 0 Å². The van der Waals surface area contributed by atoms with Crippen LogP contribution < -0.4 is 10.9 Å². The molecule has 0 saturated carbocycles. The van der Waals surface area contributed by atoms with Crippen LogP contribution in [0.5, 0.6) is 0 Å². The smallest absolute Gasteiger partial charge is 0.122 e. The molecule has 22 heavy (non-hydrogen) atoms. The average molecular weight is 312 g/mol. The van der Waals surface area contributed by atoms with Crippen LogP contribution in [0.2, 0.25) is 0 Å². The van der Waals surface area contributed by atoms with Gasteiger partial charge in [0.1, 0.15) is 11.0 Å². The zero-order chi connectivity index (χ0) is 15.5. The number of benzene rings is 2. The molecule has 0 spiro atoms. The molecule has 1 unspecified atom stereocenters. The quantitative estimate of drug-likeness (QED) is 0.772. The lowest BCUT2D eigenvalue weighted by Crippen LogP contribution is -2.04. The topological polar surface area (TPSA) is 86.9 Å². The number of hydrogen-bond donors (Lipinski definition) is 2. The summed E-state index contributed by atoms with van der Waals surface area (Å²) in [6, 6.07) is 19.1. The maximum absolute atomic E-state index is 11.3. The van der Waals surface area contributed by atoms with Crippen LogP contribution in [0.25, 0.3) is 16.9 Å². The van der Waals surface area contributed by atoms with Gasteiger partial charge in [0.15, 0.2) is 0 Å². The van der Waals surface area contributed by atoms with E-state index in [2.05, 4.69) is 5.10 Å². The van der Waals surface area contributed by atoms with Gasteiger partial charge in [-0.2, -0.15) is 5.10 Å². The van der Waals surface area contributed by atoms with E-state index in [9.17, 15) is 4.21 Å². The highest BCUT2D eigenvalue weighted by Crippen LogP contribution is 2.24. The summed E-state index contributed by atoms with van der Waals surface area (Å²) in [6.45, 7) is 0.373. The fraction of sp³-hybridized carbons (Fsp3) is 0.0625. The van der Waals surface area contributed by atoms with Crippen LogP contribution in [0.4, 0.5) is 0 Å². The molecule has 2 aromatic carbocycles. The number of hydrogen-bond acceptors (Lipinski definition) is 3. The molecule has 0 bridgehead atoms. The fourth-order valence-electron chi connectivity index (χ4n) is 2.26. The van der Waals surface area contributed by atoms with E-state index in [1.807, 2.05) is 53.2 Å². The largest absolute Gasteiger partial charge is 0.325 e. The predicted octanol–water partition coefficient (Wildman–Crippen LogP) is 1.98. The second-order valence-corrected chi connectivity index (χ2v) is 5.86. The van der Waals surface area contributed by atoms with Crippen LogP contribution in [0, 0.1) is 0 Å². The number of nitrogens with zero attached hydrogens (tertiary/aromatic N) is 2. The third-order valence-electron chi connectivity index (χ3n) is 3.35. The summed E-state index contributed by atoms with van der Waals surface area (Å²) in [5.74, 6) is 0. The Hall–Kier alpha value is -2.28. The van der Waals surface area contributed by atoms with Crippen molar-refractivity contribution in [1.82, 2.24) is 9.78 Å². The Morgan fingerprint density at radius 2 is 1.73 bits per heavy atom. The standard InChI is InChI=1S/C16H16N4OS/c17-11-13-10-16(12-4-2-1-3-5-12)20(19-13)14-6-8-15(9-7-14)22(18)21/h1-10H,11,17-18H2. The third kappa shape index (κ3) is 2.85. The molecule has 0 fully saturated rings. The summed E-state index contributed by atoms with van der Waals surface area (Å²) < 4.78 is 13.1. The maximum atomic E-state index is 11.3. The molecule has 3 aromatic rings. The first-order valence-corrected chi connectivity index (χ1v) is 8.01. The first-order chi connectivity index (χ1) is 10.7. The van der Waals surface area contributed by atoms with Gasteiger partial charge in [0.25, 0.3) is 0 Å². The maximum Gasteiger partial charge on any atom is 0.122 e. The van der Waals surface area contributed by atoms with Crippen LogP contribution in [0.15, 0.2) is 65.6 Å². The molecule has 0 aliphatic heterocycles. The van der Waals surface area contributed by atoms with Gasteiger partial charge in [0.05, 0.1) is 22.0 Å². The minimum Gasteiger partial charge on any atom is -0.325 e. The molecule has 5 nitrogen and oxygen atoms in total. The van der Waals surface area contributed by atoms with Crippen molar-refractivity contribution in [3.05, 3.63) is 66.4 Å². The summed E-state index contributed by atoms with van der Waals surface area (Å²) in [4.78, 5) is 0.580. The molecule has 4 N–H and O–H groups in total. The first kappa shape index (κ1) is 14.6. The first-order valence-electron chi connectivity index (χ1n) is 6.80. The second kappa shape index (κ2) is 6.23. The van der Waals surface area contributed by atoms with Gasteiger partial charge in [-0.1, -0.05) is 30.3 Å². The van der Waals surface area contributed by atoms with Crippen molar-refractivity contribution in [1.29, 1.82) is 0 Å². The van der Waals surface area contributed by atoms with E-state index < -0.39 is 11.0 Å². The van der Waals surface area contributed by atoms with Crippen molar-refractivity contribution in [2.75, 3.05) is 0 Å². The van der Waals surface area contributed by atoms with Crippen molar-refractivity contribution in [3.8, 4) is 16.9 Å². The van der Waals surface area contributed by atoms with Crippen molar-refractivity contribution in [2.45, 2.75) is 11.4 Å². The summed E-state index contributed by atoms with van der Waals surface area (Å²) in [5, 5.41) is 9.92. The third-order valence-corrected chi connectivity index (χ3v) is 4.09. The molecule has 1 atom stereocenters. The molecular formula is C16H16N4OS. The Labute approximate surface area is 131 Å². The average Bonchev–Trinajstić information content (AvgIpc) is 3.00. The molecule has 0 amide bonds. The molecule has 0 aliphatic rings. The van der Waals surface area contributed by atoms with Crippen LogP contribution in [-0.4, -0.2) is 14.0 Å². The van der Waals surface area contributed by atoms with Crippen molar-refractivity contribution in [2.24, 2.45) is 10.9 Å². The summed E-state index contributed by atoms with van der Waals surface area (Å²) in [7, 11) is -1.48. The molecule has 6 heteroatoms. The van der Waals surface area contributed by atoms with Gasteiger partial charge in [0.2, 0.25) is 0 Å². The van der Waals surface area contributed by atoms with Crippen LogP contribution in [0.1, 0.15) is 5.69 Å². The van der Waals surface area contributed by atoms with E-state index >= 15 is 0 Å². The molecule has 0 saturated heterocycles. The molecule has 112 valence electrons. The summed E-state index contributed by atoms with van der Waals surface area (Å²) >= 11 is 0. The highest BCUT2D eigenvalue weighted by atomic mass is 32.2. The molecule has 1 heterocycles.